The minimum atomic E-state index is -0.935. The van der Waals surface area contributed by atoms with Crippen LogP contribution < -0.4 is 0 Å². The summed E-state index contributed by atoms with van der Waals surface area (Å²) in [7, 11) is 0. The van der Waals surface area contributed by atoms with E-state index in [2.05, 4.69) is 9.97 Å². The first-order valence-corrected chi connectivity index (χ1v) is 6.69. The summed E-state index contributed by atoms with van der Waals surface area (Å²) in [5.41, 5.74) is 0.478. The van der Waals surface area contributed by atoms with Crippen molar-refractivity contribution in [3.63, 3.8) is 0 Å². The molecule has 1 N–H and O–H groups in total. The molecule has 2 rings (SSSR count). The molecule has 0 saturated heterocycles. The molecular weight excluding hydrogens is 282 g/mol. The van der Waals surface area contributed by atoms with Gasteiger partial charge in [-0.25, -0.2) is 9.97 Å². The third-order valence-corrected chi connectivity index (χ3v) is 4.06. The Hall–Kier alpha value is -2.22. The minimum Gasteiger partial charge on any atom is -0.480 e. The van der Waals surface area contributed by atoms with E-state index >= 15 is 0 Å². The summed E-state index contributed by atoms with van der Waals surface area (Å²) in [6.07, 6.45) is 1.76. The van der Waals surface area contributed by atoms with Crippen LogP contribution in [-0.4, -0.2) is 31.2 Å². The van der Waals surface area contributed by atoms with Crippen LogP contribution in [0.25, 0.3) is 10.9 Å². The quantitative estimate of drug-likeness (QED) is 0.390. The molecule has 1 heterocycles. The van der Waals surface area contributed by atoms with Gasteiger partial charge in [0.25, 0.3) is 5.69 Å². The number of carbonyl (C=O) groups is 1. The zero-order valence-corrected chi connectivity index (χ0v) is 11.3. The van der Waals surface area contributed by atoms with E-state index in [9.17, 15) is 14.9 Å². The van der Waals surface area contributed by atoms with Gasteiger partial charge in [0.05, 0.1) is 10.4 Å². The Morgan fingerprint density at radius 3 is 2.85 bits per heavy atom. The van der Waals surface area contributed by atoms with E-state index in [-0.39, 0.29) is 5.69 Å². The number of nitrogens with zero attached hydrogens (tertiary/aromatic N) is 3. The number of hydrogen-bond acceptors (Lipinski definition) is 6. The summed E-state index contributed by atoms with van der Waals surface area (Å²) in [5, 5.41) is 20.2. The number of benzene rings is 1. The van der Waals surface area contributed by atoms with Crippen LogP contribution in [0, 0.1) is 10.1 Å². The highest BCUT2D eigenvalue weighted by molar-refractivity contribution is 8.00. The summed E-state index contributed by atoms with van der Waals surface area (Å²) in [6, 6.07) is 4.26. The van der Waals surface area contributed by atoms with Crippen LogP contribution in [0.5, 0.6) is 0 Å². The zero-order valence-electron chi connectivity index (χ0n) is 10.5. The molecule has 1 unspecified atom stereocenters. The fraction of sp³-hybridized carbons (Fsp3) is 0.250. The van der Waals surface area contributed by atoms with E-state index in [4.69, 9.17) is 5.11 Å². The van der Waals surface area contributed by atoms with E-state index in [1.807, 2.05) is 0 Å². The van der Waals surface area contributed by atoms with Crippen molar-refractivity contribution in [2.75, 3.05) is 0 Å². The van der Waals surface area contributed by atoms with Crippen LogP contribution in [0.3, 0.4) is 0 Å². The number of carboxylic acid groups (broad SMARTS) is 1. The molecule has 0 radical (unpaired) electrons. The molecule has 0 bridgehead atoms. The van der Waals surface area contributed by atoms with Gasteiger partial charge in [-0.1, -0.05) is 18.7 Å². The molecule has 0 amide bonds. The molecule has 0 spiro atoms. The lowest BCUT2D eigenvalue weighted by Gasteiger charge is -2.10. The van der Waals surface area contributed by atoms with Crippen molar-refractivity contribution in [1.29, 1.82) is 0 Å². The van der Waals surface area contributed by atoms with Crippen LogP contribution in [0.1, 0.15) is 13.3 Å². The maximum Gasteiger partial charge on any atom is 0.317 e. The summed E-state index contributed by atoms with van der Waals surface area (Å²) >= 11 is 1.07. The van der Waals surface area contributed by atoms with Crippen molar-refractivity contribution in [2.24, 2.45) is 0 Å². The summed E-state index contributed by atoms with van der Waals surface area (Å²) in [6.45, 7) is 1.76. The van der Waals surface area contributed by atoms with Crippen molar-refractivity contribution in [2.45, 2.75) is 23.6 Å². The third kappa shape index (κ3) is 2.85. The first-order chi connectivity index (χ1) is 9.52. The van der Waals surface area contributed by atoms with Crippen molar-refractivity contribution >= 4 is 34.3 Å². The highest BCUT2D eigenvalue weighted by atomic mass is 32.2. The molecule has 0 saturated carbocycles. The second kappa shape index (κ2) is 5.83. The number of fused-ring (bicyclic) bond motifs is 1. The number of rotatable bonds is 5. The SMILES string of the molecule is CCC(Sc1ncnc2ccc([N+](=O)[O-])cc12)C(=O)O. The molecule has 8 heteroatoms. The van der Waals surface area contributed by atoms with Gasteiger partial charge in [-0.15, -0.1) is 0 Å². The number of nitro benzene ring substituents is 1. The first kappa shape index (κ1) is 14.2. The van der Waals surface area contributed by atoms with Crippen LogP contribution in [-0.2, 0) is 4.79 Å². The van der Waals surface area contributed by atoms with Gasteiger partial charge in [0.1, 0.15) is 16.6 Å². The van der Waals surface area contributed by atoms with Crippen molar-refractivity contribution in [3.8, 4) is 0 Å². The number of hydrogen-bond donors (Lipinski definition) is 1. The lowest BCUT2D eigenvalue weighted by Crippen LogP contribution is -2.15. The maximum atomic E-state index is 11.1. The van der Waals surface area contributed by atoms with E-state index in [0.29, 0.717) is 22.3 Å². The number of carboxylic acids is 1. The molecule has 7 nitrogen and oxygen atoms in total. The summed E-state index contributed by atoms with van der Waals surface area (Å²) < 4.78 is 0. The number of aromatic nitrogens is 2. The van der Waals surface area contributed by atoms with E-state index in [1.165, 1.54) is 24.5 Å². The normalized spacial score (nSPS) is 12.2. The molecule has 0 aliphatic rings. The average molecular weight is 293 g/mol. The average Bonchev–Trinajstić information content (AvgIpc) is 2.43. The number of aliphatic carboxylic acids is 1. The number of non-ortho nitro benzene ring substituents is 1. The third-order valence-electron chi connectivity index (χ3n) is 2.69. The highest BCUT2D eigenvalue weighted by Gasteiger charge is 2.19. The Labute approximate surface area is 118 Å². The van der Waals surface area contributed by atoms with E-state index < -0.39 is 16.1 Å². The Kier molecular flexibility index (Phi) is 4.14. The van der Waals surface area contributed by atoms with Crippen molar-refractivity contribution < 1.29 is 14.8 Å². The largest absolute Gasteiger partial charge is 0.480 e. The fourth-order valence-corrected chi connectivity index (χ4v) is 2.61. The molecule has 104 valence electrons. The van der Waals surface area contributed by atoms with Crippen molar-refractivity contribution in [1.82, 2.24) is 9.97 Å². The monoisotopic (exact) mass is 293 g/mol. The van der Waals surface area contributed by atoms with E-state index in [0.717, 1.165) is 11.8 Å². The molecule has 1 aromatic carbocycles. The predicted octanol–water partition coefficient (Wildman–Crippen LogP) is 2.49. The van der Waals surface area contributed by atoms with Crippen LogP contribution in [0.4, 0.5) is 5.69 Å². The molecule has 0 aliphatic heterocycles. The predicted molar refractivity (Wildman–Crippen MR) is 73.8 cm³/mol. The Morgan fingerprint density at radius 1 is 1.50 bits per heavy atom. The highest BCUT2D eigenvalue weighted by Crippen LogP contribution is 2.31. The Bertz CT molecular complexity index is 677. The number of nitro groups is 1. The molecule has 0 fully saturated rings. The van der Waals surface area contributed by atoms with Crippen LogP contribution in [0.2, 0.25) is 0 Å². The summed E-state index contributed by atoms with van der Waals surface area (Å²) in [5.74, 6) is -0.935. The molecule has 1 aromatic heterocycles. The van der Waals surface area contributed by atoms with Gasteiger partial charge in [-0.2, -0.15) is 0 Å². The first-order valence-electron chi connectivity index (χ1n) is 5.81. The Morgan fingerprint density at radius 2 is 2.25 bits per heavy atom. The topological polar surface area (TPSA) is 106 Å². The molecule has 20 heavy (non-hydrogen) atoms. The van der Waals surface area contributed by atoms with E-state index in [1.54, 1.807) is 6.92 Å². The zero-order chi connectivity index (χ0) is 14.7. The van der Waals surface area contributed by atoms with Gasteiger partial charge in [-0.3, -0.25) is 14.9 Å². The minimum absolute atomic E-state index is 0.0717. The maximum absolute atomic E-state index is 11.1. The second-order valence-electron chi connectivity index (χ2n) is 3.99. The lowest BCUT2D eigenvalue weighted by atomic mass is 10.2. The smallest absolute Gasteiger partial charge is 0.317 e. The molecular formula is C12H11N3O4S. The number of thioether (sulfide) groups is 1. The lowest BCUT2D eigenvalue weighted by molar-refractivity contribution is -0.384. The standard InChI is InChI=1S/C12H11N3O4S/c1-2-10(12(16)17)20-11-8-5-7(15(18)19)3-4-9(8)13-6-14-11/h3-6,10H,2H2,1H3,(H,16,17). The van der Waals surface area contributed by atoms with Gasteiger partial charge >= 0.3 is 5.97 Å². The Balaban J connectivity index is 2.49. The summed E-state index contributed by atoms with van der Waals surface area (Å²) in [4.78, 5) is 29.4. The van der Waals surface area contributed by atoms with Gasteiger partial charge in [0, 0.05) is 17.5 Å². The van der Waals surface area contributed by atoms with Crippen LogP contribution >= 0.6 is 11.8 Å². The van der Waals surface area contributed by atoms with Gasteiger partial charge in [-0.05, 0) is 12.5 Å². The van der Waals surface area contributed by atoms with Gasteiger partial charge in [0.15, 0.2) is 0 Å². The van der Waals surface area contributed by atoms with Crippen molar-refractivity contribution in [3.05, 3.63) is 34.6 Å². The molecule has 0 aliphatic carbocycles. The van der Waals surface area contributed by atoms with Gasteiger partial charge in [0.2, 0.25) is 0 Å². The second-order valence-corrected chi connectivity index (χ2v) is 5.18. The molecule has 1 atom stereocenters. The van der Waals surface area contributed by atoms with Crippen LogP contribution in [0.15, 0.2) is 29.6 Å². The molecule has 2 aromatic rings. The fourth-order valence-electron chi connectivity index (χ4n) is 1.67. The van der Waals surface area contributed by atoms with Gasteiger partial charge < -0.3 is 5.11 Å².